The molecule has 17 heavy (non-hydrogen) atoms. The third-order valence-electron chi connectivity index (χ3n) is 2.74. The van der Waals surface area contributed by atoms with Crippen LogP contribution in [0.3, 0.4) is 0 Å². The summed E-state index contributed by atoms with van der Waals surface area (Å²) in [7, 11) is 0. The van der Waals surface area contributed by atoms with E-state index in [1.807, 2.05) is 13.8 Å². The van der Waals surface area contributed by atoms with Gasteiger partial charge in [0.05, 0.1) is 5.37 Å². The monoisotopic (exact) mass is 257 g/mol. The summed E-state index contributed by atoms with van der Waals surface area (Å²) in [6.07, 6.45) is 2.62. The van der Waals surface area contributed by atoms with E-state index in [1.165, 1.54) is 0 Å². The first kappa shape index (κ1) is 14.1. The van der Waals surface area contributed by atoms with Gasteiger partial charge in [-0.2, -0.15) is 0 Å². The first-order valence-corrected chi connectivity index (χ1v) is 6.80. The number of carbonyl (C=O) groups is 2. The molecular formula is C12H19NO3S. The molecule has 1 heterocycles. The molecule has 4 nitrogen and oxygen atoms in total. The van der Waals surface area contributed by atoms with Gasteiger partial charge in [0.1, 0.15) is 6.04 Å². The number of aliphatic carboxylic acids is 1. The maximum Gasteiger partial charge on any atom is 0.327 e. The molecule has 0 aromatic heterocycles. The smallest absolute Gasteiger partial charge is 0.327 e. The van der Waals surface area contributed by atoms with E-state index in [4.69, 9.17) is 5.11 Å². The fourth-order valence-corrected chi connectivity index (χ4v) is 3.39. The molecule has 0 spiro atoms. The minimum absolute atomic E-state index is 0.0200. The largest absolute Gasteiger partial charge is 0.480 e. The van der Waals surface area contributed by atoms with Crippen molar-refractivity contribution in [1.82, 2.24) is 4.90 Å². The van der Waals surface area contributed by atoms with Crippen molar-refractivity contribution < 1.29 is 14.7 Å². The Morgan fingerprint density at radius 1 is 1.59 bits per heavy atom. The number of carbonyl (C=O) groups excluding carboxylic acids is 1. The van der Waals surface area contributed by atoms with Crippen LogP contribution in [0.2, 0.25) is 0 Å². The lowest BCUT2D eigenvalue weighted by atomic mass is 10.1. The average Bonchev–Trinajstić information content (AvgIpc) is 2.70. The second kappa shape index (κ2) is 6.10. The Hall–Kier alpha value is -0.970. The molecule has 1 aliphatic rings. The Balaban J connectivity index is 2.81. The number of hydrogen-bond donors (Lipinski definition) is 1. The lowest BCUT2D eigenvalue weighted by Gasteiger charge is -2.29. The molecule has 0 aliphatic carbocycles. The van der Waals surface area contributed by atoms with Gasteiger partial charge in [-0.1, -0.05) is 19.9 Å². The minimum Gasteiger partial charge on any atom is -0.480 e. The molecule has 2 unspecified atom stereocenters. The van der Waals surface area contributed by atoms with Crippen LogP contribution in [0.4, 0.5) is 0 Å². The van der Waals surface area contributed by atoms with Crippen molar-refractivity contribution in [2.24, 2.45) is 5.92 Å². The van der Waals surface area contributed by atoms with Gasteiger partial charge >= 0.3 is 5.97 Å². The molecule has 5 heteroatoms. The summed E-state index contributed by atoms with van der Waals surface area (Å²) in [6, 6.07) is -0.676. The van der Waals surface area contributed by atoms with Gasteiger partial charge in [0.15, 0.2) is 0 Å². The SMILES string of the molecule is C=CCCC(=O)N1C(C(=O)O)CSC1C(C)C. The van der Waals surface area contributed by atoms with Crippen LogP contribution >= 0.6 is 11.8 Å². The molecule has 0 aromatic carbocycles. The molecular weight excluding hydrogens is 238 g/mol. The van der Waals surface area contributed by atoms with Gasteiger partial charge in [0, 0.05) is 12.2 Å². The van der Waals surface area contributed by atoms with Gasteiger partial charge in [-0.25, -0.2) is 4.79 Å². The molecule has 2 atom stereocenters. The minimum atomic E-state index is -0.910. The Morgan fingerprint density at radius 2 is 2.24 bits per heavy atom. The topological polar surface area (TPSA) is 57.6 Å². The predicted molar refractivity (Wildman–Crippen MR) is 68.8 cm³/mol. The summed E-state index contributed by atoms with van der Waals surface area (Å²) < 4.78 is 0. The van der Waals surface area contributed by atoms with Crippen molar-refractivity contribution in [2.45, 2.75) is 38.1 Å². The summed E-state index contributed by atoms with van der Waals surface area (Å²) in [5.74, 6) is -0.247. The van der Waals surface area contributed by atoms with E-state index in [-0.39, 0.29) is 17.2 Å². The standard InChI is InChI=1S/C12H19NO3S/c1-4-5-6-10(14)13-9(12(15)16)7-17-11(13)8(2)3/h4,8-9,11H,1,5-7H2,2-3H3,(H,15,16). The summed E-state index contributed by atoms with van der Waals surface area (Å²) in [6.45, 7) is 7.59. The number of rotatable bonds is 5. The van der Waals surface area contributed by atoms with Crippen LogP contribution in [0.1, 0.15) is 26.7 Å². The number of amides is 1. The number of thioether (sulfide) groups is 1. The molecule has 0 aromatic rings. The van der Waals surface area contributed by atoms with E-state index < -0.39 is 12.0 Å². The number of hydrogen-bond acceptors (Lipinski definition) is 3. The van der Waals surface area contributed by atoms with Crippen LogP contribution < -0.4 is 0 Å². The third-order valence-corrected chi connectivity index (χ3v) is 4.36. The van der Waals surface area contributed by atoms with E-state index >= 15 is 0 Å². The Bertz CT molecular complexity index is 317. The van der Waals surface area contributed by atoms with E-state index in [2.05, 4.69) is 6.58 Å². The zero-order valence-electron chi connectivity index (χ0n) is 10.3. The Labute approximate surface area is 106 Å². The number of carboxylic acid groups (broad SMARTS) is 1. The van der Waals surface area contributed by atoms with Crippen molar-refractivity contribution in [3.8, 4) is 0 Å². The van der Waals surface area contributed by atoms with Gasteiger partial charge in [-0.15, -0.1) is 18.3 Å². The van der Waals surface area contributed by atoms with Gasteiger partial charge in [-0.05, 0) is 12.3 Å². The molecule has 1 saturated heterocycles. The van der Waals surface area contributed by atoms with Crippen molar-refractivity contribution >= 4 is 23.6 Å². The molecule has 0 radical (unpaired) electrons. The fraction of sp³-hybridized carbons (Fsp3) is 0.667. The molecule has 1 amide bonds. The van der Waals surface area contributed by atoms with Crippen molar-refractivity contribution in [3.05, 3.63) is 12.7 Å². The maximum absolute atomic E-state index is 12.0. The van der Waals surface area contributed by atoms with E-state index in [9.17, 15) is 9.59 Å². The Kier molecular flexibility index (Phi) is 5.05. The van der Waals surface area contributed by atoms with Crippen LogP contribution in [0.15, 0.2) is 12.7 Å². The van der Waals surface area contributed by atoms with Crippen LogP contribution in [0, 0.1) is 5.92 Å². The van der Waals surface area contributed by atoms with Gasteiger partial charge in [0.2, 0.25) is 5.91 Å². The first-order valence-electron chi connectivity index (χ1n) is 5.75. The summed E-state index contributed by atoms with van der Waals surface area (Å²) in [5, 5.41) is 9.11. The lowest BCUT2D eigenvalue weighted by Crippen LogP contribution is -2.47. The molecule has 1 aliphatic heterocycles. The first-order chi connectivity index (χ1) is 7.99. The van der Waals surface area contributed by atoms with E-state index in [0.717, 1.165) is 0 Å². The fourth-order valence-electron chi connectivity index (χ4n) is 1.90. The van der Waals surface area contributed by atoms with Crippen LogP contribution in [-0.2, 0) is 9.59 Å². The molecule has 1 fully saturated rings. The second-order valence-electron chi connectivity index (χ2n) is 4.45. The van der Waals surface area contributed by atoms with Crippen LogP contribution in [-0.4, -0.2) is 39.1 Å². The zero-order chi connectivity index (χ0) is 13.0. The van der Waals surface area contributed by atoms with Crippen molar-refractivity contribution in [3.63, 3.8) is 0 Å². The quantitative estimate of drug-likeness (QED) is 0.765. The van der Waals surface area contributed by atoms with Crippen LogP contribution in [0.5, 0.6) is 0 Å². The molecule has 96 valence electrons. The Morgan fingerprint density at radius 3 is 2.71 bits per heavy atom. The number of allylic oxidation sites excluding steroid dienone is 1. The van der Waals surface area contributed by atoms with Crippen molar-refractivity contribution in [1.29, 1.82) is 0 Å². The van der Waals surface area contributed by atoms with Gasteiger partial charge < -0.3 is 10.0 Å². The van der Waals surface area contributed by atoms with Gasteiger partial charge in [0.25, 0.3) is 0 Å². The zero-order valence-corrected chi connectivity index (χ0v) is 11.1. The molecule has 1 rings (SSSR count). The number of nitrogens with zero attached hydrogens (tertiary/aromatic N) is 1. The van der Waals surface area contributed by atoms with Crippen molar-refractivity contribution in [2.75, 3.05) is 5.75 Å². The highest BCUT2D eigenvalue weighted by Gasteiger charge is 2.42. The van der Waals surface area contributed by atoms with Crippen LogP contribution in [0.25, 0.3) is 0 Å². The predicted octanol–water partition coefficient (Wildman–Crippen LogP) is 1.96. The lowest BCUT2D eigenvalue weighted by molar-refractivity contribution is -0.149. The summed E-state index contributed by atoms with van der Waals surface area (Å²) in [4.78, 5) is 24.7. The highest BCUT2D eigenvalue weighted by atomic mass is 32.2. The van der Waals surface area contributed by atoms with Gasteiger partial charge in [-0.3, -0.25) is 4.79 Å². The second-order valence-corrected chi connectivity index (χ2v) is 5.60. The number of carboxylic acids is 1. The van der Waals surface area contributed by atoms with E-state index in [1.54, 1.807) is 22.7 Å². The summed E-state index contributed by atoms with van der Waals surface area (Å²) >= 11 is 1.56. The average molecular weight is 257 g/mol. The highest BCUT2D eigenvalue weighted by Crippen LogP contribution is 2.34. The third kappa shape index (κ3) is 3.25. The highest BCUT2D eigenvalue weighted by molar-refractivity contribution is 8.00. The maximum atomic E-state index is 12.0. The molecule has 1 N–H and O–H groups in total. The molecule has 0 bridgehead atoms. The van der Waals surface area contributed by atoms with E-state index in [0.29, 0.717) is 18.6 Å². The molecule has 0 saturated carbocycles. The summed E-state index contributed by atoms with van der Waals surface area (Å²) in [5.41, 5.74) is 0. The normalized spacial score (nSPS) is 24.1.